The number of aryl methyl sites for hydroxylation is 2. The van der Waals surface area contributed by atoms with Crippen molar-refractivity contribution in [1.29, 1.82) is 0 Å². The van der Waals surface area contributed by atoms with E-state index in [0.29, 0.717) is 17.5 Å². The summed E-state index contributed by atoms with van der Waals surface area (Å²) in [5, 5.41) is 10.3. The molecule has 0 spiro atoms. The molecule has 8 heteroatoms. The van der Waals surface area contributed by atoms with Crippen LogP contribution in [0.1, 0.15) is 33.6 Å². The zero-order chi connectivity index (χ0) is 18.8. The number of hydrogen-bond donors (Lipinski definition) is 2. The molecule has 0 fully saturated rings. The van der Waals surface area contributed by atoms with E-state index in [2.05, 4.69) is 9.97 Å². The molecular formula is C19H18N2O4S2. The van der Waals surface area contributed by atoms with Gasteiger partial charge in [0, 0.05) is 10.6 Å². The van der Waals surface area contributed by atoms with Crippen LogP contribution in [0.25, 0.3) is 10.2 Å². The first-order valence-corrected chi connectivity index (χ1v) is 10.6. The van der Waals surface area contributed by atoms with Crippen LogP contribution in [0.2, 0.25) is 0 Å². The number of H-pyrrole nitrogens is 1. The van der Waals surface area contributed by atoms with E-state index in [1.165, 1.54) is 34.3 Å². The number of nitrogens with one attached hydrogen (secondary N) is 1. The minimum Gasteiger partial charge on any atom is -0.494 e. The number of carbonyl (C=O) groups is 1. The van der Waals surface area contributed by atoms with Gasteiger partial charge in [0.05, 0.1) is 17.6 Å². The average molecular weight is 402 g/mol. The molecule has 2 N–H and O–H groups in total. The Morgan fingerprint density at radius 2 is 2.11 bits per heavy atom. The average Bonchev–Trinajstić information content (AvgIpc) is 3.22. The standard InChI is InChI=1S/C19H18N2O4S2/c22-16-15-13-3-1-4-14(13)27-17(15)21-19(20-16)26-10-2-9-25-12-7-5-11(6-8-12)18(23)24/h5-8H,1-4,9-10H2,(H,23,24)(H,20,21,22). The highest BCUT2D eigenvalue weighted by molar-refractivity contribution is 7.99. The van der Waals surface area contributed by atoms with Crippen LogP contribution >= 0.6 is 23.1 Å². The number of aromatic amines is 1. The van der Waals surface area contributed by atoms with E-state index in [1.54, 1.807) is 23.5 Å². The van der Waals surface area contributed by atoms with Gasteiger partial charge in [0.1, 0.15) is 10.6 Å². The quantitative estimate of drug-likeness (QED) is 0.355. The molecule has 2 heterocycles. The third-order valence-corrected chi connectivity index (χ3v) is 6.60. The fourth-order valence-electron chi connectivity index (χ4n) is 3.16. The van der Waals surface area contributed by atoms with Gasteiger partial charge in [0.2, 0.25) is 0 Å². The summed E-state index contributed by atoms with van der Waals surface area (Å²) in [6.45, 7) is 0.513. The molecule has 0 saturated heterocycles. The molecule has 0 radical (unpaired) electrons. The number of carboxylic acid groups (broad SMARTS) is 1. The SMILES string of the molecule is O=C(O)c1ccc(OCCCSc2nc3sc4c(c3c(=O)[nH]2)CCC4)cc1. The maximum atomic E-state index is 12.4. The van der Waals surface area contributed by atoms with Crippen molar-refractivity contribution in [2.75, 3.05) is 12.4 Å². The van der Waals surface area contributed by atoms with Crippen LogP contribution in [0.4, 0.5) is 0 Å². The van der Waals surface area contributed by atoms with Crippen LogP contribution < -0.4 is 10.3 Å². The highest BCUT2D eigenvalue weighted by atomic mass is 32.2. The van der Waals surface area contributed by atoms with Gasteiger partial charge in [-0.1, -0.05) is 11.8 Å². The van der Waals surface area contributed by atoms with Crippen LogP contribution in [0.3, 0.4) is 0 Å². The second kappa shape index (κ2) is 7.74. The van der Waals surface area contributed by atoms with Crippen LogP contribution in [0.5, 0.6) is 5.75 Å². The molecule has 6 nitrogen and oxygen atoms in total. The van der Waals surface area contributed by atoms with Gasteiger partial charge in [-0.15, -0.1) is 11.3 Å². The van der Waals surface area contributed by atoms with Crippen molar-refractivity contribution in [3.63, 3.8) is 0 Å². The molecule has 0 bridgehead atoms. The summed E-state index contributed by atoms with van der Waals surface area (Å²) in [6.07, 6.45) is 3.96. The lowest BCUT2D eigenvalue weighted by Gasteiger charge is -2.06. The summed E-state index contributed by atoms with van der Waals surface area (Å²) in [6, 6.07) is 6.35. The predicted molar refractivity (Wildman–Crippen MR) is 107 cm³/mol. The molecule has 0 saturated carbocycles. The number of carboxylic acids is 1. The molecule has 0 unspecified atom stereocenters. The van der Waals surface area contributed by atoms with Gasteiger partial charge in [0.15, 0.2) is 5.16 Å². The lowest BCUT2D eigenvalue weighted by molar-refractivity contribution is 0.0697. The summed E-state index contributed by atoms with van der Waals surface area (Å²) >= 11 is 3.16. The molecule has 0 amide bonds. The number of rotatable bonds is 7. The highest BCUT2D eigenvalue weighted by Crippen LogP contribution is 2.35. The summed E-state index contributed by atoms with van der Waals surface area (Å²) in [5.41, 5.74) is 1.40. The maximum Gasteiger partial charge on any atom is 0.335 e. The van der Waals surface area contributed by atoms with E-state index in [1.807, 2.05) is 0 Å². The molecule has 4 rings (SSSR count). The number of thiophene rings is 1. The minimum atomic E-state index is -0.951. The molecule has 1 aliphatic rings. The smallest absolute Gasteiger partial charge is 0.335 e. The molecule has 1 aliphatic carbocycles. The van der Waals surface area contributed by atoms with Crippen LogP contribution in [0, 0.1) is 0 Å². The van der Waals surface area contributed by atoms with Crippen LogP contribution in [0.15, 0.2) is 34.2 Å². The fraction of sp³-hybridized carbons (Fsp3) is 0.316. The van der Waals surface area contributed by atoms with Gasteiger partial charge in [-0.25, -0.2) is 9.78 Å². The van der Waals surface area contributed by atoms with Gasteiger partial charge in [0.25, 0.3) is 5.56 Å². The maximum absolute atomic E-state index is 12.4. The molecule has 0 aliphatic heterocycles. The van der Waals surface area contributed by atoms with Gasteiger partial charge in [-0.05, 0) is 55.5 Å². The summed E-state index contributed by atoms with van der Waals surface area (Å²) in [4.78, 5) is 32.9. The molecule has 1 aromatic carbocycles. The first kappa shape index (κ1) is 18.1. The summed E-state index contributed by atoms with van der Waals surface area (Å²) in [5.74, 6) is 0.464. The van der Waals surface area contributed by atoms with Crippen LogP contribution in [-0.4, -0.2) is 33.4 Å². The lowest BCUT2D eigenvalue weighted by atomic mass is 10.2. The Balaban J connectivity index is 1.30. The number of nitrogens with zero attached hydrogens (tertiary/aromatic N) is 1. The van der Waals surface area contributed by atoms with Crippen molar-refractivity contribution in [2.45, 2.75) is 30.8 Å². The highest BCUT2D eigenvalue weighted by Gasteiger charge is 2.21. The second-order valence-electron chi connectivity index (χ2n) is 6.29. The van der Waals surface area contributed by atoms with Crippen molar-refractivity contribution in [3.05, 3.63) is 50.6 Å². The van der Waals surface area contributed by atoms with Gasteiger partial charge >= 0.3 is 5.97 Å². The number of aromatic nitrogens is 2. The van der Waals surface area contributed by atoms with Crippen molar-refractivity contribution in [3.8, 4) is 5.75 Å². The van der Waals surface area contributed by atoms with Gasteiger partial charge in [-0.2, -0.15) is 0 Å². The van der Waals surface area contributed by atoms with Crippen molar-refractivity contribution in [1.82, 2.24) is 9.97 Å². The van der Waals surface area contributed by atoms with E-state index in [9.17, 15) is 9.59 Å². The van der Waals surface area contributed by atoms with E-state index in [-0.39, 0.29) is 11.1 Å². The number of hydrogen-bond acceptors (Lipinski definition) is 6. The Bertz CT molecular complexity index is 1040. The third-order valence-electron chi connectivity index (χ3n) is 4.45. The molecule has 2 aromatic heterocycles. The van der Waals surface area contributed by atoms with Gasteiger partial charge < -0.3 is 14.8 Å². The minimum absolute atomic E-state index is 0.0309. The number of thioether (sulfide) groups is 1. The second-order valence-corrected chi connectivity index (χ2v) is 8.46. The Labute approximate surface area is 163 Å². The first-order chi connectivity index (χ1) is 13.1. The topological polar surface area (TPSA) is 92.3 Å². The predicted octanol–water partition coefficient (Wildman–Crippen LogP) is 3.73. The molecule has 27 heavy (non-hydrogen) atoms. The number of benzene rings is 1. The van der Waals surface area contributed by atoms with Crippen molar-refractivity contribution < 1.29 is 14.6 Å². The normalized spacial score (nSPS) is 13.0. The number of fused-ring (bicyclic) bond motifs is 3. The van der Waals surface area contributed by atoms with E-state index in [0.717, 1.165) is 41.7 Å². The fourth-order valence-corrected chi connectivity index (χ4v) is 5.26. The molecule has 0 atom stereocenters. The zero-order valence-electron chi connectivity index (χ0n) is 14.5. The summed E-state index contributed by atoms with van der Waals surface area (Å²) < 4.78 is 5.62. The molecular weight excluding hydrogens is 384 g/mol. The number of aromatic carboxylic acids is 1. The number of ether oxygens (including phenoxy) is 1. The van der Waals surface area contributed by atoms with Crippen molar-refractivity contribution >= 4 is 39.3 Å². The summed E-state index contributed by atoms with van der Waals surface area (Å²) in [7, 11) is 0. The van der Waals surface area contributed by atoms with Gasteiger partial charge in [-0.3, -0.25) is 4.79 Å². The lowest BCUT2D eigenvalue weighted by Crippen LogP contribution is -2.09. The van der Waals surface area contributed by atoms with E-state index in [4.69, 9.17) is 9.84 Å². The monoisotopic (exact) mass is 402 g/mol. The van der Waals surface area contributed by atoms with Crippen LogP contribution in [-0.2, 0) is 12.8 Å². The van der Waals surface area contributed by atoms with E-state index >= 15 is 0 Å². The molecule has 140 valence electrons. The Morgan fingerprint density at radius 1 is 1.30 bits per heavy atom. The molecule has 3 aromatic rings. The first-order valence-electron chi connectivity index (χ1n) is 8.75. The zero-order valence-corrected chi connectivity index (χ0v) is 16.1. The Kier molecular flexibility index (Phi) is 5.18. The van der Waals surface area contributed by atoms with E-state index < -0.39 is 5.97 Å². The largest absolute Gasteiger partial charge is 0.494 e. The Hall–Kier alpha value is -2.32. The Morgan fingerprint density at radius 3 is 2.89 bits per heavy atom. The third kappa shape index (κ3) is 3.86. The van der Waals surface area contributed by atoms with Crippen molar-refractivity contribution in [2.24, 2.45) is 0 Å².